The van der Waals surface area contributed by atoms with Crippen molar-refractivity contribution in [1.29, 1.82) is 0 Å². The number of hydrogen-bond acceptors (Lipinski definition) is 2. The van der Waals surface area contributed by atoms with Crippen LogP contribution in [0.3, 0.4) is 0 Å². The minimum absolute atomic E-state index is 0.115. The van der Waals surface area contributed by atoms with Gasteiger partial charge in [-0.2, -0.15) is 0 Å². The molecule has 1 N–H and O–H groups in total. The lowest BCUT2D eigenvalue weighted by Crippen LogP contribution is -2.20. The summed E-state index contributed by atoms with van der Waals surface area (Å²) in [7, 11) is 1.63. The highest BCUT2D eigenvalue weighted by atomic mass is 16.5. The third-order valence-corrected chi connectivity index (χ3v) is 2.56. The standard InChI is InChI=1S/C12H18O2/c1-4-11(14-3)12(13)10-8-6-5-7-9(10)2/h5-8,11-13H,4H2,1-3H3. The van der Waals surface area contributed by atoms with Crippen molar-refractivity contribution >= 4 is 0 Å². The number of aryl methyl sites for hydroxylation is 1. The van der Waals surface area contributed by atoms with Gasteiger partial charge in [-0.25, -0.2) is 0 Å². The predicted octanol–water partition coefficient (Wildman–Crippen LogP) is 2.45. The first-order chi connectivity index (χ1) is 6.70. The van der Waals surface area contributed by atoms with Crippen molar-refractivity contribution in [2.45, 2.75) is 32.5 Å². The molecule has 0 saturated carbocycles. The molecule has 0 aliphatic heterocycles. The van der Waals surface area contributed by atoms with E-state index < -0.39 is 6.10 Å². The first-order valence-corrected chi connectivity index (χ1v) is 4.97. The third-order valence-electron chi connectivity index (χ3n) is 2.56. The highest BCUT2D eigenvalue weighted by molar-refractivity contribution is 5.28. The zero-order valence-corrected chi connectivity index (χ0v) is 9.03. The van der Waals surface area contributed by atoms with Gasteiger partial charge in [-0.05, 0) is 24.5 Å². The SMILES string of the molecule is CCC(OC)C(O)c1ccccc1C. The molecule has 0 heterocycles. The molecule has 0 radical (unpaired) electrons. The van der Waals surface area contributed by atoms with Gasteiger partial charge in [-0.1, -0.05) is 31.2 Å². The van der Waals surface area contributed by atoms with Crippen LogP contribution in [0.1, 0.15) is 30.6 Å². The molecule has 78 valence electrons. The predicted molar refractivity (Wildman–Crippen MR) is 57.2 cm³/mol. The molecule has 0 aromatic heterocycles. The first-order valence-electron chi connectivity index (χ1n) is 4.97. The summed E-state index contributed by atoms with van der Waals surface area (Å²) in [4.78, 5) is 0. The number of aliphatic hydroxyl groups excluding tert-OH is 1. The Balaban J connectivity index is 2.88. The Labute approximate surface area is 85.5 Å². The van der Waals surface area contributed by atoms with Gasteiger partial charge in [-0.15, -0.1) is 0 Å². The Kier molecular flexibility index (Phi) is 4.11. The van der Waals surface area contributed by atoms with E-state index in [-0.39, 0.29) is 6.10 Å². The van der Waals surface area contributed by atoms with Crippen LogP contribution in [-0.4, -0.2) is 18.3 Å². The lowest BCUT2D eigenvalue weighted by molar-refractivity contribution is -0.0151. The second-order valence-corrected chi connectivity index (χ2v) is 3.48. The summed E-state index contributed by atoms with van der Waals surface area (Å²) in [6.07, 6.45) is 0.175. The van der Waals surface area contributed by atoms with E-state index in [9.17, 15) is 5.11 Å². The Bertz CT molecular complexity index is 279. The normalized spacial score (nSPS) is 15.1. The molecular formula is C12H18O2. The van der Waals surface area contributed by atoms with Crippen LogP contribution in [0.2, 0.25) is 0 Å². The number of methoxy groups -OCH3 is 1. The van der Waals surface area contributed by atoms with Gasteiger partial charge in [0.25, 0.3) is 0 Å². The minimum Gasteiger partial charge on any atom is -0.386 e. The molecule has 2 nitrogen and oxygen atoms in total. The van der Waals surface area contributed by atoms with Gasteiger partial charge in [0.15, 0.2) is 0 Å². The quantitative estimate of drug-likeness (QED) is 0.797. The molecular weight excluding hydrogens is 176 g/mol. The van der Waals surface area contributed by atoms with Crippen LogP contribution in [0, 0.1) is 6.92 Å². The molecule has 0 bridgehead atoms. The Morgan fingerprint density at radius 3 is 2.50 bits per heavy atom. The fraction of sp³-hybridized carbons (Fsp3) is 0.500. The van der Waals surface area contributed by atoms with Crippen LogP contribution in [0.25, 0.3) is 0 Å². The van der Waals surface area contributed by atoms with E-state index in [0.29, 0.717) is 0 Å². The third kappa shape index (κ3) is 2.34. The molecule has 1 rings (SSSR count). The summed E-state index contributed by atoms with van der Waals surface area (Å²) >= 11 is 0. The maximum absolute atomic E-state index is 10.0. The van der Waals surface area contributed by atoms with Crippen LogP contribution < -0.4 is 0 Å². The largest absolute Gasteiger partial charge is 0.386 e. The summed E-state index contributed by atoms with van der Waals surface area (Å²) in [6.45, 7) is 4.01. The van der Waals surface area contributed by atoms with Crippen LogP contribution in [-0.2, 0) is 4.74 Å². The lowest BCUT2D eigenvalue weighted by atomic mass is 9.98. The van der Waals surface area contributed by atoms with E-state index in [0.717, 1.165) is 17.5 Å². The van der Waals surface area contributed by atoms with E-state index in [1.54, 1.807) is 7.11 Å². The second kappa shape index (κ2) is 5.13. The van der Waals surface area contributed by atoms with Crippen molar-refractivity contribution in [3.63, 3.8) is 0 Å². The lowest BCUT2D eigenvalue weighted by Gasteiger charge is -2.21. The maximum atomic E-state index is 10.0. The summed E-state index contributed by atoms with van der Waals surface area (Å²) in [5.74, 6) is 0. The van der Waals surface area contributed by atoms with Crippen molar-refractivity contribution in [1.82, 2.24) is 0 Å². The van der Waals surface area contributed by atoms with Gasteiger partial charge >= 0.3 is 0 Å². The summed E-state index contributed by atoms with van der Waals surface area (Å²) in [5, 5.41) is 10.0. The summed E-state index contributed by atoms with van der Waals surface area (Å²) in [6, 6.07) is 7.86. The molecule has 2 heteroatoms. The van der Waals surface area contributed by atoms with E-state index >= 15 is 0 Å². The molecule has 0 aliphatic carbocycles. The molecule has 2 atom stereocenters. The van der Waals surface area contributed by atoms with Crippen molar-refractivity contribution in [3.8, 4) is 0 Å². The van der Waals surface area contributed by atoms with Crippen LogP contribution in [0.15, 0.2) is 24.3 Å². The average Bonchev–Trinajstić information content (AvgIpc) is 2.20. The number of aliphatic hydroxyl groups is 1. The molecule has 0 amide bonds. The van der Waals surface area contributed by atoms with Crippen molar-refractivity contribution in [3.05, 3.63) is 35.4 Å². The first kappa shape index (κ1) is 11.2. The number of ether oxygens (including phenoxy) is 1. The number of hydrogen-bond donors (Lipinski definition) is 1. The van der Waals surface area contributed by atoms with Gasteiger partial charge in [-0.3, -0.25) is 0 Å². The molecule has 0 aliphatic rings. The van der Waals surface area contributed by atoms with E-state index in [1.165, 1.54) is 0 Å². The number of benzene rings is 1. The van der Waals surface area contributed by atoms with Crippen LogP contribution in [0.5, 0.6) is 0 Å². The van der Waals surface area contributed by atoms with Gasteiger partial charge < -0.3 is 9.84 Å². The van der Waals surface area contributed by atoms with E-state index in [4.69, 9.17) is 4.74 Å². The second-order valence-electron chi connectivity index (χ2n) is 3.48. The van der Waals surface area contributed by atoms with E-state index in [1.807, 2.05) is 38.1 Å². The zero-order chi connectivity index (χ0) is 10.6. The molecule has 1 aromatic carbocycles. The Morgan fingerprint density at radius 2 is 2.00 bits per heavy atom. The Morgan fingerprint density at radius 1 is 1.36 bits per heavy atom. The molecule has 14 heavy (non-hydrogen) atoms. The maximum Gasteiger partial charge on any atom is 0.105 e. The summed E-state index contributed by atoms with van der Waals surface area (Å²) in [5.41, 5.74) is 2.07. The Hall–Kier alpha value is -0.860. The van der Waals surface area contributed by atoms with Crippen molar-refractivity contribution in [2.24, 2.45) is 0 Å². The van der Waals surface area contributed by atoms with Crippen LogP contribution in [0.4, 0.5) is 0 Å². The fourth-order valence-electron chi connectivity index (χ4n) is 1.64. The fourth-order valence-corrected chi connectivity index (χ4v) is 1.64. The van der Waals surface area contributed by atoms with Crippen molar-refractivity contribution in [2.75, 3.05) is 7.11 Å². The smallest absolute Gasteiger partial charge is 0.105 e. The highest BCUT2D eigenvalue weighted by Crippen LogP contribution is 2.23. The summed E-state index contributed by atoms with van der Waals surface area (Å²) < 4.78 is 5.22. The molecule has 0 saturated heterocycles. The van der Waals surface area contributed by atoms with Crippen molar-refractivity contribution < 1.29 is 9.84 Å². The molecule has 0 fully saturated rings. The van der Waals surface area contributed by atoms with Gasteiger partial charge in [0.2, 0.25) is 0 Å². The average molecular weight is 194 g/mol. The van der Waals surface area contributed by atoms with Gasteiger partial charge in [0.05, 0.1) is 6.10 Å². The minimum atomic E-state index is -0.522. The van der Waals surface area contributed by atoms with Crippen LogP contribution >= 0.6 is 0 Å². The molecule has 0 spiro atoms. The molecule has 2 unspecified atom stereocenters. The van der Waals surface area contributed by atoms with Gasteiger partial charge in [0.1, 0.15) is 6.10 Å². The highest BCUT2D eigenvalue weighted by Gasteiger charge is 2.19. The topological polar surface area (TPSA) is 29.5 Å². The number of rotatable bonds is 4. The van der Waals surface area contributed by atoms with E-state index in [2.05, 4.69) is 0 Å². The zero-order valence-electron chi connectivity index (χ0n) is 9.03. The molecule has 1 aromatic rings. The monoisotopic (exact) mass is 194 g/mol. The van der Waals surface area contributed by atoms with Gasteiger partial charge in [0, 0.05) is 7.11 Å².